The van der Waals surface area contributed by atoms with Gasteiger partial charge in [-0.1, -0.05) is 6.07 Å². The van der Waals surface area contributed by atoms with Gasteiger partial charge in [-0.25, -0.2) is 4.98 Å². The molecule has 0 aromatic carbocycles. The van der Waals surface area contributed by atoms with Crippen molar-refractivity contribution in [2.45, 2.75) is 38.8 Å². The summed E-state index contributed by atoms with van der Waals surface area (Å²) in [5.41, 5.74) is 1.82. The second-order valence-electron chi connectivity index (χ2n) is 8.61. The van der Waals surface area contributed by atoms with Gasteiger partial charge in [-0.15, -0.1) is 0 Å². The van der Waals surface area contributed by atoms with E-state index in [4.69, 9.17) is 9.72 Å². The summed E-state index contributed by atoms with van der Waals surface area (Å²) in [5.74, 6) is 0.367. The maximum absolute atomic E-state index is 13.6. The van der Waals surface area contributed by atoms with E-state index in [0.717, 1.165) is 38.3 Å². The van der Waals surface area contributed by atoms with Crippen LogP contribution in [0.5, 0.6) is 0 Å². The minimum Gasteiger partial charge on any atom is -0.383 e. The topological polar surface area (TPSA) is 63.5 Å². The van der Waals surface area contributed by atoms with Crippen LogP contribution in [0.1, 0.15) is 43.5 Å². The molecule has 2 aromatic rings. The fourth-order valence-corrected chi connectivity index (χ4v) is 4.81. The van der Waals surface area contributed by atoms with Crippen LogP contribution in [0.15, 0.2) is 37.1 Å². The van der Waals surface area contributed by atoms with E-state index < -0.39 is 5.41 Å². The highest BCUT2D eigenvalue weighted by Crippen LogP contribution is 2.49. The lowest BCUT2D eigenvalue weighted by atomic mass is 9.75. The number of hydrogen-bond donors (Lipinski definition) is 0. The standard InChI is InChI=1S/C22H31N5O2/c1-17(2)27-14-20(24-16-27)19-13-25(12-18-5-4-7-23-11-18)15-22(19)6-8-26(21(22)28)9-10-29-3/h4-5,7,11,14,16-17,19H,6,8-10,12-13,15H2,1-3H3/t19-,22-/m1/s1. The summed E-state index contributed by atoms with van der Waals surface area (Å²) in [6.45, 7) is 8.75. The number of likely N-dealkylation sites (tertiary alicyclic amines) is 2. The number of carbonyl (C=O) groups excluding carboxylic acids is 1. The summed E-state index contributed by atoms with van der Waals surface area (Å²) in [6, 6.07) is 4.43. The molecule has 4 heterocycles. The van der Waals surface area contributed by atoms with E-state index in [1.165, 1.54) is 5.56 Å². The number of aromatic nitrogens is 3. The van der Waals surface area contributed by atoms with E-state index in [1.807, 2.05) is 23.5 Å². The Morgan fingerprint density at radius 3 is 2.93 bits per heavy atom. The van der Waals surface area contributed by atoms with Crippen LogP contribution in [-0.4, -0.2) is 70.1 Å². The summed E-state index contributed by atoms with van der Waals surface area (Å²) in [5, 5.41) is 0. The number of imidazole rings is 1. The Bertz CT molecular complexity index is 837. The smallest absolute Gasteiger partial charge is 0.230 e. The first-order valence-electron chi connectivity index (χ1n) is 10.5. The van der Waals surface area contributed by atoms with Crippen molar-refractivity contribution >= 4 is 5.91 Å². The van der Waals surface area contributed by atoms with E-state index in [9.17, 15) is 4.79 Å². The molecule has 0 bridgehead atoms. The molecule has 0 N–H and O–H groups in total. The Balaban J connectivity index is 1.61. The Morgan fingerprint density at radius 2 is 2.24 bits per heavy atom. The van der Waals surface area contributed by atoms with Crippen molar-refractivity contribution in [1.29, 1.82) is 0 Å². The van der Waals surface area contributed by atoms with Crippen molar-refractivity contribution in [1.82, 2.24) is 24.3 Å². The quantitative estimate of drug-likeness (QED) is 0.718. The van der Waals surface area contributed by atoms with Gasteiger partial charge in [0.15, 0.2) is 0 Å². The zero-order chi connectivity index (χ0) is 20.4. The van der Waals surface area contributed by atoms with Crippen molar-refractivity contribution in [2.75, 3.05) is 39.9 Å². The molecule has 2 saturated heterocycles. The summed E-state index contributed by atoms with van der Waals surface area (Å²) in [7, 11) is 1.68. The van der Waals surface area contributed by atoms with Crippen LogP contribution in [-0.2, 0) is 16.1 Å². The van der Waals surface area contributed by atoms with Crippen molar-refractivity contribution in [2.24, 2.45) is 5.41 Å². The Labute approximate surface area is 172 Å². The summed E-state index contributed by atoms with van der Waals surface area (Å²) >= 11 is 0. The third-order valence-corrected chi connectivity index (χ3v) is 6.42. The van der Waals surface area contributed by atoms with Gasteiger partial charge >= 0.3 is 0 Å². The van der Waals surface area contributed by atoms with E-state index in [1.54, 1.807) is 13.3 Å². The van der Waals surface area contributed by atoms with E-state index in [2.05, 4.69) is 40.6 Å². The molecule has 1 spiro atoms. The molecule has 1 amide bonds. The molecule has 156 valence electrons. The monoisotopic (exact) mass is 397 g/mol. The van der Waals surface area contributed by atoms with Crippen LogP contribution in [0, 0.1) is 5.41 Å². The lowest BCUT2D eigenvalue weighted by molar-refractivity contribution is -0.136. The van der Waals surface area contributed by atoms with Gasteiger partial charge < -0.3 is 14.2 Å². The maximum Gasteiger partial charge on any atom is 0.230 e. The van der Waals surface area contributed by atoms with Gasteiger partial charge in [0.2, 0.25) is 5.91 Å². The highest BCUT2D eigenvalue weighted by atomic mass is 16.5. The predicted molar refractivity (Wildman–Crippen MR) is 110 cm³/mol. The number of ether oxygens (including phenoxy) is 1. The molecule has 0 saturated carbocycles. The van der Waals surface area contributed by atoms with Gasteiger partial charge in [0, 0.05) is 70.4 Å². The molecule has 2 fully saturated rings. The van der Waals surface area contributed by atoms with Crippen LogP contribution in [0.3, 0.4) is 0 Å². The molecule has 2 aliphatic heterocycles. The lowest BCUT2D eigenvalue weighted by Gasteiger charge is -2.28. The van der Waals surface area contributed by atoms with Crippen LogP contribution >= 0.6 is 0 Å². The van der Waals surface area contributed by atoms with Crippen molar-refractivity contribution in [3.8, 4) is 0 Å². The molecule has 4 rings (SSSR count). The third kappa shape index (κ3) is 3.81. The first-order valence-corrected chi connectivity index (χ1v) is 10.5. The van der Waals surface area contributed by atoms with Crippen LogP contribution in [0.4, 0.5) is 0 Å². The molecule has 29 heavy (non-hydrogen) atoms. The molecule has 2 aromatic heterocycles. The van der Waals surface area contributed by atoms with Gasteiger partial charge in [0.1, 0.15) is 0 Å². The van der Waals surface area contributed by atoms with Crippen LogP contribution in [0.2, 0.25) is 0 Å². The van der Waals surface area contributed by atoms with Crippen LogP contribution < -0.4 is 0 Å². The van der Waals surface area contributed by atoms with Crippen molar-refractivity contribution in [3.05, 3.63) is 48.3 Å². The lowest BCUT2D eigenvalue weighted by Crippen LogP contribution is -2.40. The first-order chi connectivity index (χ1) is 14.0. The van der Waals surface area contributed by atoms with Gasteiger partial charge in [0.25, 0.3) is 0 Å². The van der Waals surface area contributed by atoms with E-state index in [-0.39, 0.29) is 11.8 Å². The molecule has 0 aliphatic carbocycles. The second kappa shape index (κ2) is 8.24. The number of amides is 1. The van der Waals surface area contributed by atoms with E-state index >= 15 is 0 Å². The summed E-state index contributed by atoms with van der Waals surface area (Å²) < 4.78 is 7.35. The molecule has 0 radical (unpaired) electrons. The zero-order valence-corrected chi connectivity index (χ0v) is 17.6. The average Bonchev–Trinajstić information content (AvgIpc) is 3.41. The molecule has 2 aliphatic rings. The fourth-order valence-electron chi connectivity index (χ4n) is 4.81. The predicted octanol–water partition coefficient (Wildman–Crippen LogP) is 2.32. The van der Waals surface area contributed by atoms with Gasteiger partial charge in [-0.2, -0.15) is 0 Å². The molecule has 0 unspecified atom stereocenters. The minimum atomic E-state index is -0.397. The summed E-state index contributed by atoms with van der Waals surface area (Å²) in [6.07, 6.45) is 8.62. The molecular formula is C22H31N5O2. The summed E-state index contributed by atoms with van der Waals surface area (Å²) in [4.78, 5) is 26.9. The number of methoxy groups -OCH3 is 1. The Hall–Kier alpha value is -2.25. The Kier molecular flexibility index (Phi) is 5.69. The zero-order valence-electron chi connectivity index (χ0n) is 17.6. The number of nitrogens with zero attached hydrogens (tertiary/aromatic N) is 5. The van der Waals surface area contributed by atoms with Crippen LogP contribution in [0.25, 0.3) is 0 Å². The number of pyridine rings is 1. The van der Waals surface area contributed by atoms with Gasteiger partial charge in [-0.3, -0.25) is 14.7 Å². The number of rotatable bonds is 7. The molecule has 2 atom stereocenters. The molecule has 7 heteroatoms. The molecule has 7 nitrogen and oxygen atoms in total. The first kappa shape index (κ1) is 20.0. The highest BCUT2D eigenvalue weighted by Gasteiger charge is 2.57. The SMILES string of the molecule is COCCN1CC[C@]2(CN(Cc3cccnc3)C[C@@H]2c2cn(C(C)C)cn2)C1=O. The van der Waals surface area contributed by atoms with E-state index in [0.29, 0.717) is 19.2 Å². The third-order valence-electron chi connectivity index (χ3n) is 6.42. The maximum atomic E-state index is 13.6. The second-order valence-corrected chi connectivity index (χ2v) is 8.61. The number of carbonyl (C=O) groups is 1. The van der Waals surface area contributed by atoms with Gasteiger partial charge in [0.05, 0.1) is 24.0 Å². The fraction of sp³-hybridized carbons (Fsp3) is 0.591. The van der Waals surface area contributed by atoms with Crippen molar-refractivity contribution < 1.29 is 9.53 Å². The Morgan fingerprint density at radius 1 is 1.38 bits per heavy atom. The number of hydrogen-bond acceptors (Lipinski definition) is 5. The molecular weight excluding hydrogens is 366 g/mol. The largest absolute Gasteiger partial charge is 0.383 e. The normalized spacial score (nSPS) is 25.0. The average molecular weight is 398 g/mol. The minimum absolute atomic E-state index is 0.110. The van der Waals surface area contributed by atoms with Gasteiger partial charge in [-0.05, 0) is 31.9 Å². The highest BCUT2D eigenvalue weighted by molar-refractivity contribution is 5.86. The van der Waals surface area contributed by atoms with Crippen molar-refractivity contribution in [3.63, 3.8) is 0 Å².